The lowest BCUT2D eigenvalue weighted by Gasteiger charge is -1.98. The first-order chi connectivity index (χ1) is 7.93. The van der Waals surface area contributed by atoms with Gasteiger partial charge in [-0.3, -0.25) is 0 Å². The molecular formula is C14H8S2. The van der Waals surface area contributed by atoms with E-state index in [1.807, 2.05) is 22.7 Å². The summed E-state index contributed by atoms with van der Waals surface area (Å²) >= 11 is 3.74. The van der Waals surface area contributed by atoms with Crippen molar-refractivity contribution in [3.05, 3.63) is 47.8 Å². The summed E-state index contributed by atoms with van der Waals surface area (Å²) in [7, 11) is 0. The van der Waals surface area contributed by atoms with Crippen LogP contribution in [0.2, 0.25) is 0 Å². The van der Waals surface area contributed by atoms with Crippen molar-refractivity contribution in [3.8, 4) is 0 Å². The van der Waals surface area contributed by atoms with Gasteiger partial charge in [0.1, 0.15) is 0 Å². The molecule has 0 nitrogen and oxygen atoms in total. The highest BCUT2D eigenvalue weighted by Gasteiger charge is 2.08. The second kappa shape index (κ2) is 3.06. The smallest absolute Gasteiger partial charge is 0.0877 e. The zero-order valence-corrected chi connectivity index (χ0v) is 10.1. The molecule has 0 radical (unpaired) electrons. The fraction of sp³-hybridized carbons (Fsp3) is 0. The summed E-state index contributed by atoms with van der Waals surface area (Å²) in [5, 5.41) is 7.74. The quantitative estimate of drug-likeness (QED) is 0.393. The summed E-state index contributed by atoms with van der Waals surface area (Å²) in [6.07, 6.45) is 0. The highest BCUT2D eigenvalue weighted by molar-refractivity contribution is 7.41. The Balaban J connectivity index is 2.41. The molecule has 0 amide bonds. The second-order valence-electron chi connectivity index (χ2n) is 3.88. The Labute approximate surface area is 101 Å². The van der Waals surface area contributed by atoms with Gasteiger partial charge in [-0.1, -0.05) is 30.3 Å². The first-order valence-electron chi connectivity index (χ1n) is 5.21. The molecule has 2 aromatic carbocycles. The molecule has 0 saturated heterocycles. The molecule has 4 aromatic rings. The van der Waals surface area contributed by atoms with Gasteiger partial charge in [-0.15, -0.1) is 22.7 Å². The topological polar surface area (TPSA) is 0 Å². The molecule has 0 N–H and O–H groups in total. The molecule has 0 unspecified atom stereocenters. The fourth-order valence-corrected chi connectivity index (χ4v) is 4.47. The lowest BCUT2D eigenvalue weighted by atomic mass is 10.1. The van der Waals surface area contributed by atoms with E-state index >= 15 is 0 Å². The van der Waals surface area contributed by atoms with Gasteiger partial charge in [0.15, 0.2) is 0 Å². The molecule has 0 spiro atoms. The van der Waals surface area contributed by atoms with Crippen LogP contribution >= 0.6 is 22.7 Å². The van der Waals surface area contributed by atoms with Crippen LogP contribution in [0.1, 0.15) is 0 Å². The Morgan fingerprint density at radius 1 is 0.812 bits per heavy atom. The maximum atomic E-state index is 2.25. The normalized spacial score (nSPS) is 11.8. The third-order valence-electron chi connectivity index (χ3n) is 2.99. The van der Waals surface area contributed by atoms with Crippen LogP contribution in [0.4, 0.5) is 0 Å². The summed E-state index contributed by atoms with van der Waals surface area (Å²) in [5.41, 5.74) is 0. The summed E-state index contributed by atoms with van der Waals surface area (Å²) in [4.78, 5) is 0. The maximum absolute atomic E-state index is 2.25. The third kappa shape index (κ3) is 1.03. The van der Waals surface area contributed by atoms with Crippen LogP contribution in [0.15, 0.2) is 47.8 Å². The second-order valence-corrected chi connectivity index (χ2v) is 6.11. The van der Waals surface area contributed by atoms with E-state index in [1.165, 1.54) is 30.3 Å². The average molecular weight is 240 g/mol. The van der Waals surface area contributed by atoms with E-state index < -0.39 is 0 Å². The van der Waals surface area contributed by atoms with Crippen LogP contribution in [-0.4, -0.2) is 0 Å². The van der Waals surface area contributed by atoms with Gasteiger partial charge in [0.2, 0.25) is 0 Å². The third-order valence-corrected chi connectivity index (χ3v) is 5.20. The highest BCUT2D eigenvalue weighted by Crippen LogP contribution is 2.40. The number of hydrogen-bond donors (Lipinski definition) is 0. The van der Waals surface area contributed by atoms with Crippen LogP contribution in [0.3, 0.4) is 0 Å². The van der Waals surface area contributed by atoms with Crippen LogP contribution in [-0.2, 0) is 0 Å². The molecule has 76 valence electrons. The molecule has 0 atom stereocenters. The molecule has 2 heteroatoms. The molecule has 0 aliphatic heterocycles. The average Bonchev–Trinajstić information content (AvgIpc) is 2.88. The molecule has 0 aliphatic carbocycles. The zero-order valence-electron chi connectivity index (χ0n) is 8.44. The Morgan fingerprint density at radius 3 is 2.75 bits per heavy atom. The Hall–Kier alpha value is -1.38. The summed E-state index contributed by atoms with van der Waals surface area (Å²) in [6.45, 7) is 0. The van der Waals surface area contributed by atoms with E-state index in [9.17, 15) is 0 Å². The number of hydrogen-bond acceptors (Lipinski definition) is 2. The Morgan fingerprint density at radius 2 is 1.75 bits per heavy atom. The van der Waals surface area contributed by atoms with Crippen LogP contribution in [0.5, 0.6) is 0 Å². The first kappa shape index (κ1) is 8.74. The van der Waals surface area contributed by atoms with Gasteiger partial charge in [0.05, 0.1) is 4.01 Å². The molecule has 16 heavy (non-hydrogen) atoms. The first-order valence-corrected chi connectivity index (χ1v) is 6.90. The van der Waals surface area contributed by atoms with Gasteiger partial charge in [0.25, 0.3) is 0 Å². The van der Waals surface area contributed by atoms with Crippen molar-refractivity contribution in [2.45, 2.75) is 0 Å². The standard InChI is InChI=1S/C14H8S2/c1-2-4-10-9(3-1)5-6-12-13(10)11-7-8-15-14(11)16-12/h1-8H. The highest BCUT2D eigenvalue weighted by atomic mass is 32.2. The zero-order chi connectivity index (χ0) is 10.5. The molecule has 0 fully saturated rings. The molecule has 0 saturated carbocycles. The molecular weight excluding hydrogens is 232 g/mol. The lowest BCUT2D eigenvalue weighted by molar-refractivity contribution is 1.82. The van der Waals surface area contributed by atoms with E-state index in [4.69, 9.17) is 0 Å². The number of fused-ring (bicyclic) bond motifs is 5. The van der Waals surface area contributed by atoms with E-state index in [1.54, 1.807) is 0 Å². The van der Waals surface area contributed by atoms with Gasteiger partial charge >= 0.3 is 0 Å². The van der Waals surface area contributed by atoms with E-state index in [-0.39, 0.29) is 0 Å². The van der Waals surface area contributed by atoms with Crippen molar-refractivity contribution in [2.24, 2.45) is 0 Å². The van der Waals surface area contributed by atoms with Gasteiger partial charge in [-0.25, -0.2) is 0 Å². The van der Waals surface area contributed by atoms with Crippen LogP contribution in [0, 0.1) is 0 Å². The number of benzene rings is 2. The number of thiophene rings is 2. The Bertz CT molecular complexity index is 805. The molecule has 2 aromatic heterocycles. The minimum absolute atomic E-state index is 1.33. The van der Waals surface area contributed by atoms with E-state index in [0.717, 1.165) is 0 Å². The largest absolute Gasteiger partial charge is 0.133 e. The van der Waals surface area contributed by atoms with Crippen molar-refractivity contribution in [2.75, 3.05) is 0 Å². The van der Waals surface area contributed by atoms with Gasteiger partial charge in [-0.05, 0) is 28.3 Å². The van der Waals surface area contributed by atoms with Crippen LogP contribution in [0.25, 0.3) is 30.3 Å². The molecule has 0 bridgehead atoms. The van der Waals surface area contributed by atoms with Crippen molar-refractivity contribution in [1.82, 2.24) is 0 Å². The predicted molar refractivity (Wildman–Crippen MR) is 74.7 cm³/mol. The van der Waals surface area contributed by atoms with Crippen molar-refractivity contribution >= 4 is 52.9 Å². The van der Waals surface area contributed by atoms with Gasteiger partial charge in [0, 0.05) is 15.5 Å². The summed E-state index contributed by atoms with van der Waals surface area (Å²) in [6, 6.07) is 15.3. The molecule has 4 rings (SSSR count). The van der Waals surface area contributed by atoms with Crippen molar-refractivity contribution < 1.29 is 0 Å². The van der Waals surface area contributed by atoms with E-state index in [0.29, 0.717) is 0 Å². The van der Waals surface area contributed by atoms with Gasteiger partial charge < -0.3 is 0 Å². The summed E-state index contributed by atoms with van der Waals surface area (Å²) in [5.74, 6) is 0. The van der Waals surface area contributed by atoms with Crippen LogP contribution < -0.4 is 0 Å². The lowest BCUT2D eigenvalue weighted by Crippen LogP contribution is -1.72. The summed E-state index contributed by atoms with van der Waals surface area (Å²) < 4.78 is 2.84. The maximum Gasteiger partial charge on any atom is 0.0877 e. The minimum Gasteiger partial charge on any atom is -0.133 e. The molecule has 0 aliphatic rings. The molecule has 2 heterocycles. The predicted octanol–water partition coefficient (Wildman–Crippen LogP) is 5.27. The van der Waals surface area contributed by atoms with Gasteiger partial charge in [-0.2, -0.15) is 0 Å². The minimum atomic E-state index is 1.33. The fourth-order valence-electron chi connectivity index (χ4n) is 2.27. The monoisotopic (exact) mass is 240 g/mol. The Kier molecular flexibility index (Phi) is 1.67. The number of rotatable bonds is 0. The SMILES string of the molecule is c1ccc2c(c1)ccc1sc3sccc3c12. The van der Waals surface area contributed by atoms with Crippen molar-refractivity contribution in [1.29, 1.82) is 0 Å². The van der Waals surface area contributed by atoms with Crippen molar-refractivity contribution in [3.63, 3.8) is 0 Å². The van der Waals surface area contributed by atoms with E-state index in [2.05, 4.69) is 47.8 Å².